The SMILES string of the molecule is CCCOc1ccc(-c2csc(NC(=O)c3cccc(NS(=O)(=O)c4ccccc4)c3)n2)cc1. The molecule has 0 spiro atoms. The standard InChI is InChI=1S/C25H23N3O4S2/c1-2-15-32-21-13-11-18(12-14-21)23-17-33-25(26-23)27-24(29)19-7-6-8-20(16-19)28-34(30,31)22-9-4-3-5-10-22/h3-14,16-17,28H,2,15H2,1H3,(H,26,27,29). The predicted molar refractivity (Wildman–Crippen MR) is 135 cm³/mol. The van der Waals surface area contributed by atoms with E-state index >= 15 is 0 Å². The van der Waals surface area contributed by atoms with Crippen LogP contribution in [0.4, 0.5) is 10.8 Å². The number of sulfonamides is 1. The molecular formula is C25H23N3O4S2. The Labute approximate surface area is 202 Å². The predicted octanol–water partition coefficient (Wildman–Crippen LogP) is 5.65. The Morgan fingerprint density at radius 2 is 1.76 bits per heavy atom. The van der Waals surface area contributed by atoms with Gasteiger partial charge >= 0.3 is 0 Å². The highest BCUT2D eigenvalue weighted by molar-refractivity contribution is 7.92. The Hall–Kier alpha value is -3.69. The van der Waals surface area contributed by atoms with Gasteiger partial charge < -0.3 is 4.74 Å². The zero-order valence-electron chi connectivity index (χ0n) is 18.4. The van der Waals surface area contributed by atoms with E-state index in [1.54, 1.807) is 36.4 Å². The molecule has 0 saturated carbocycles. The van der Waals surface area contributed by atoms with Crippen LogP contribution in [0.3, 0.4) is 0 Å². The molecular weight excluding hydrogens is 470 g/mol. The zero-order valence-corrected chi connectivity index (χ0v) is 20.0. The smallest absolute Gasteiger partial charge is 0.261 e. The van der Waals surface area contributed by atoms with Crippen LogP contribution in [0.15, 0.2) is 89.1 Å². The first-order chi connectivity index (χ1) is 16.4. The Balaban J connectivity index is 1.43. The van der Waals surface area contributed by atoms with Gasteiger partial charge in [-0.25, -0.2) is 13.4 Å². The number of hydrogen-bond acceptors (Lipinski definition) is 6. The van der Waals surface area contributed by atoms with Crippen LogP contribution in [0, 0.1) is 0 Å². The summed E-state index contributed by atoms with van der Waals surface area (Å²) in [5.74, 6) is 0.419. The van der Waals surface area contributed by atoms with E-state index in [9.17, 15) is 13.2 Å². The van der Waals surface area contributed by atoms with Crippen molar-refractivity contribution in [1.82, 2.24) is 4.98 Å². The second-order valence-electron chi connectivity index (χ2n) is 7.36. The lowest BCUT2D eigenvalue weighted by Gasteiger charge is -2.09. The number of carbonyl (C=O) groups is 1. The van der Waals surface area contributed by atoms with Gasteiger partial charge in [0.05, 0.1) is 17.2 Å². The van der Waals surface area contributed by atoms with Crippen LogP contribution >= 0.6 is 11.3 Å². The van der Waals surface area contributed by atoms with Crippen molar-refractivity contribution in [1.29, 1.82) is 0 Å². The van der Waals surface area contributed by atoms with Gasteiger partial charge in [0, 0.05) is 22.2 Å². The fraction of sp³-hybridized carbons (Fsp3) is 0.120. The first-order valence-corrected chi connectivity index (χ1v) is 13.0. The average Bonchev–Trinajstić information content (AvgIpc) is 3.32. The van der Waals surface area contributed by atoms with Crippen LogP contribution in [-0.4, -0.2) is 25.9 Å². The molecule has 0 atom stereocenters. The van der Waals surface area contributed by atoms with Gasteiger partial charge in [-0.15, -0.1) is 11.3 Å². The number of ether oxygens (including phenoxy) is 1. The number of thiazole rings is 1. The second kappa shape index (κ2) is 10.5. The van der Waals surface area contributed by atoms with Crippen molar-refractivity contribution >= 4 is 38.1 Å². The van der Waals surface area contributed by atoms with E-state index in [4.69, 9.17) is 4.74 Å². The number of hydrogen-bond donors (Lipinski definition) is 2. The van der Waals surface area contributed by atoms with Gasteiger partial charge in [-0.2, -0.15) is 0 Å². The Morgan fingerprint density at radius 3 is 2.50 bits per heavy atom. The molecule has 174 valence electrons. The lowest BCUT2D eigenvalue weighted by Crippen LogP contribution is -2.15. The molecule has 1 amide bonds. The minimum absolute atomic E-state index is 0.144. The molecule has 0 saturated heterocycles. The van der Waals surface area contributed by atoms with Gasteiger partial charge in [-0.05, 0) is 61.0 Å². The summed E-state index contributed by atoms with van der Waals surface area (Å²) in [7, 11) is -3.75. The summed E-state index contributed by atoms with van der Waals surface area (Å²) in [5, 5.41) is 5.08. The number of benzene rings is 3. The molecule has 2 N–H and O–H groups in total. The van der Waals surface area contributed by atoms with Gasteiger partial charge in [-0.3, -0.25) is 14.8 Å². The average molecular weight is 494 g/mol. The maximum atomic E-state index is 12.8. The second-order valence-corrected chi connectivity index (χ2v) is 9.90. The summed E-state index contributed by atoms with van der Waals surface area (Å²) in [6.07, 6.45) is 0.943. The fourth-order valence-electron chi connectivity index (χ4n) is 3.11. The molecule has 0 aliphatic heterocycles. The first-order valence-electron chi connectivity index (χ1n) is 10.6. The van der Waals surface area contributed by atoms with Crippen LogP contribution in [0.25, 0.3) is 11.3 Å². The van der Waals surface area contributed by atoms with Crippen molar-refractivity contribution in [2.24, 2.45) is 0 Å². The Bertz CT molecular complexity index is 1370. The lowest BCUT2D eigenvalue weighted by molar-refractivity contribution is 0.102. The third kappa shape index (κ3) is 5.81. The first kappa shape index (κ1) is 23.5. The van der Waals surface area contributed by atoms with Crippen molar-refractivity contribution in [3.05, 3.63) is 89.8 Å². The highest BCUT2D eigenvalue weighted by atomic mass is 32.2. The normalized spacial score (nSPS) is 11.1. The van der Waals surface area contributed by atoms with Crippen molar-refractivity contribution in [3.8, 4) is 17.0 Å². The number of amides is 1. The molecule has 4 rings (SSSR count). The monoisotopic (exact) mass is 493 g/mol. The van der Waals surface area contributed by atoms with E-state index in [0.717, 1.165) is 23.4 Å². The molecule has 4 aromatic rings. The Morgan fingerprint density at radius 1 is 1.00 bits per heavy atom. The number of nitrogens with one attached hydrogen (secondary N) is 2. The third-order valence-corrected chi connectivity index (χ3v) is 6.93. The molecule has 0 aliphatic carbocycles. The summed E-state index contributed by atoms with van der Waals surface area (Å²) in [4.78, 5) is 17.4. The topological polar surface area (TPSA) is 97.4 Å². The maximum absolute atomic E-state index is 12.8. The van der Waals surface area contributed by atoms with Gasteiger partial charge in [0.1, 0.15) is 5.75 Å². The number of rotatable bonds is 9. The van der Waals surface area contributed by atoms with Crippen molar-refractivity contribution < 1.29 is 17.9 Å². The van der Waals surface area contributed by atoms with E-state index < -0.39 is 10.0 Å². The van der Waals surface area contributed by atoms with E-state index in [-0.39, 0.29) is 10.8 Å². The van der Waals surface area contributed by atoms with E-state index in [0.29, 0.717) is 23.0 Å². The molecule has 1 heterocycles. The van der Waals surface area contributed by atoms with Crippen LogP contribution in [0.1, 0.15) is 23.7 Å². The Kier molecular flexibility index (Phi) is 7.24. The number of aromatic nitrogens is 1. The number of nitrogens with zero attached hydrogens (tertiary/aromatic N) is 1. The number of anilines is 2. The van der Waals surface area contributed by atoms with E-state index in [1.165, 1.54) is 29.5 Å². The molecule has 7 nitrogen and oxygen atoms in total. The van der Waals surface area contributed by atoms with Gasteiger partial charge in [-0.1, -0.05) is 31.2 Å². The highest BCUT2D eigenvalue weighted by Crippen LogP contribution is 2.27. The maximum Gasteiger partial charge on any atom is 0.261 e. The quantitative estimate of drug-likeness (QED) is 0.314. The lowest BCUT2D eigenvalue weighted by atomic mass is 10.2. The van der Waals surface area contributed by atoms with Gasteiger partial charge in [0.25, 0.3) is 15.9 Å². The molecule has 0 bridgehead atoms. The van der Waals surface area contributed by atoms with E-state index in [2.05, 4.69) is 21.9 Å². The molecule has 3 aromatic carbocycles. The summed E-state index contributed by atoms with van der Waals surface area (Å²) in [6.45, 7) is 2.72. The molecule has 0 unspecified atom stereocenters. The molecule has 34 heavy (non-hydrogen) atoms. The summed E-state index contributed by atoms with van der Waals surface area (Å²) in [5.41, 5.74) is 2.26. The summed E-state index contributed by atoms with van der Waals surface area (Å²) >= 11 is 1.31. The van der Waals surface area contributed by atoms with Crippen LogP contribution in [-0.2, 0) is 10.0 Å². The van der Waals surface area contributed by atoms with Gasteiger partial charge in [0.15, 0.2) is 5.13 Å². The largest absolute Gasteiger partial charge is 0.494 e. The van der Waals surface area contributed by atoms with Crippen molar-refractivity contribution in [2.75, 3.05) is 16.6 Å². The third-order valence-electron chi connectivity index (χ3n) is 4.78. The van der Waals surface area contributed by atoms with Crippen LogP contribution in [0.2, 0.25) is 0 Å². The minimum atomic E-state index is -3.75. The molecule has 0 radical (unpaired) electrons. The molecule has 0 fully saturated rings. The molecule has 0 aliphatic rings. The molecule has 9 heteroatoms. The molecule has 1 aromatic heterocycles. The fourth-order valence-corrected chi connectivity index (χ4v) is 4.90. The zero-order chi connectivity index (χ0) is 24.0. The number of carbonyl (C=O) groups excluding carboxylic acids is 1. The van der Waals surface area contributed by atoms with E-state index in [1.807, 2.05) is 29.6 Å². The summed E-state index contributed by atoms with van der Waals surface area (Å²) < 4.78 is 33.2. The van der Waals surface area contributed by atoms with Crippen LogP contribution < -0.4 is 14.8 Å². The highest BCUT2D eigenvalue weighted by Gasteiger charge is 2.15. The van der Waals surface area contributed by atoms with Crippen molar-refractivity contribution in [3.63, 3.8) is 0 Å². The van der Waals surface area contributed by atoms with Crippen LogP contribution in [0.5, 0.6) is 5.75 Å². The van der Waals surface area contributed by atoms with Gasteiger partial charge in [0.2, 0.25) is 0 Å². The minimum Gasteiger partial charge on any atom is -0.494 e. The van der Waals surface area contributed by atoms with Crippen molar-refractivity contribution in [2.45, 2.75) is 18.2 Å². The summed E-state index contributed by atoms with van der Waals surface area (Å²) in [6, 6.07) is 22.0.